The van der Waals surface area contributed by atoms with Crippen molar-refractivity contribution in [3.05, 3.63) is 84.3 Å². The summed E-state index contributed by atoms with van der Waals surface area (Å²) in [5, 5.41) is 12.1. The van der Waals surface area contributed by atoms with Gasteiger partial charge in [-0.25, -0.2) is 19.7 Å². The number of para-hydroxylation sites is 2. The molecule has 0 aliphatic heterocycles. The first kappa shape index (κ1) is 22.5. The largest absolute Gasteiger partial charge is 0.495 e. The van der Waals surface area contributed by atoms with Gasteiger partial charge < -0.3 is 26.0 Å². The van der Waals surface area contributed by atoms with Crippen LogP contribution < -0.4 is 26.0 Å². The van der Waals surface area contributed by atoms with Crippen molar-refractivity contribution in [2.24, 2.45) is 0 Å². The highest BCUT2D eigenvalue weighted by Crippen LogP contribution is 2.24. The molecular weight excluding hydrogens is 430 g/mol. The van der Waals surface area contributed by atoms with E-state index >= 15 is 0 Å². The Balaban J connectivity index is 1.39. The average Bonchev–Trinajstić information content (AvgIpc) is 2.80. The number of ether oxygens (including phenoxy) is 1. The smallest absolute Gasteiger partial charge is 0.323 e. The lowest BCUT2D eigenvalue weighted by Crippen LogP contribution is -2.19. The number of benzene rings is 2. The van der Waals surface area contributed by atoms with Crippen LogP contribution in [0.5, 0.6) is 5.75 Å². The van der Waals surface area contributed by atoms with Crippen LogP contribution >= 0.6 is 0 Å². The Morgan fingerprint density at radius 1 is 0.794 bits per heavy atom. The van der Waals surface area contributed by atoms with E-state index in [4.69, 9.17) is 4.74 Å². The highest BCUT2D eigenvalue weighted by Gasteiger charge is 2.08. The van der Waals surface area contributed by atoms with Crippen molar-refractivity contribution in [1.29, 1.82) is 0 Å². The number of aromatic nitrogens is 3. The van der Waals surface area contributed by atoms with Gasteiger partial charge in [-0.2, -0.15) is 0 Å². The highest BCUT2D eigenvalue weighted by atomic mass is 16.5. The van der Waals surface area contributed by atoms with E-state index in [2.05, 4.69) is 36.2 Å². The molecule has 0 unspecified atom stereocenters. The lowest BCUT2D eigenvalue weighted by atomic mass is 10.2. The maximum absolute atomic E-state index is 12.3. The van der Waals surface area contributed by atoms with Crippen molar-refractivity contribution < 1.29 is 9.53 Å². The number of carbonyl (C=O) groups is 1. The molecule has 0 aliphatic carbocycles. The van der Waals surface area contributed by atoms with Gasteiger partial charge in [-0.15, -0.1) is 0 Å². The molecule has 0 radical (unpaired) electrons. The number of amides is 2. The molecule has 2 amide bonds. The van der Waals surface area contributed by atoms with Crippen LogP contribution in [0.1, 0.15) is 11.4 Å². The van der Waals surface area contributed by atoms with E-state index in [1.54, 1.807) is 37.6 Å². The van der Waals surface area contributed by atoms with Gasteiger partial charge in [0.05, 0.1) is 12.8 Å². The van der Waals surface area contributed by atoms with E-state index in [0.717, 1.165) is 11.3 Å². The number of carbonyl (C=O) groups excluding carboxylic acids is 1. The zero-order chi connectivity index (χ0) is 23.9. The number of methoxy groups -OCH3 is 1. The standard InChI is InChI=1S/C25H25N7O2/c1-16-12-13-26-22(14-16)32-24-15-23(27-17(2)28-24)29-18-8-10-19(11-9-18)30-25(33)31-20-6-4-5-7-21(20)34-3/h4-15H,1-3H3,(H2,30,31,33)(H2,26,27,28,29,32). The molecule has 0 bridgehead atoms. The minimum absolute atomic E-state index is 0.364. The summed E-state index contributed by atoms with van der Waals surface area (Å²) in [5.41, 5.74) is 3.15. The van der Waals surface area contributed by atoms with Crippen LogP contribution in [0.3, 0.4) is 0 Å². The molecule has 0 aliphatic rings. The van der Waals surface area contributed by atoms with Crippen LogP contribution in [0.2, 0.25) is 0 Å². The number of pyridine rings is 1. The summed E-state index contributed by atoms with van der Waals surface area (Å²) >= 11 is 0. The molecule has 9 nitrogen and oxygen atoms in total. The van der Waals surface area contributed by atoms with Gasteiger partial charge in [-0.3, -0.25) is 0 Å². The Kier molecular flexibility index (Phi) is 6.83. The van der Waals surface area contributed by atoms with Crippen LogP contribution in [-0.4, -0.2) is 28.1 Å². The number of rotatable bonds is 7. The van der Waals surface area contributed by atoms with E-state index in [1.807, 2.05) is 56.3 Å². The SMILES string of the molecule is COc1ccccc1NC(=O)Nc1ccc(Nc2cc(Nc3cc(C)ccn3)nc(C)n2)cc1. The van der Waals surface area contributed by atoms with Crippen molar-refractivity contribution in [2.45, 2.75) is 13.8 Å². The normalized spacial score (nSPS) is 10.3. The number of urea groups is 1. The molecule has 0 atom stereocenters. The molecule has 2 heterocycles. The second-order valence-electron chi connectivity index (χ2n) is 7.51. The van der Waals surface area contributed by atoms with Crippen molar-refractivity contribution in [3.63, 3.8) is 0 Å². The summed E-state index contributed by atoms with van der Waals surface area (Å²) in [6, 6.07) is 19.8. The lowest BCUT2D eigenvalue weighted by Gasteiger charge is -2.12. The van der Waals surface area contributed by atoms with Crippen molar-refractivity contribution >= 4 is 40.5 Å². The van der Waals surface area contributed by atoms with Crippen LogP contribution in [0, 0.1) is 13.8 Å². The Hall–Kier alpha value is -4.66. The fourth-order valence-corrected chi connectivity index (χ4v) is 3.25. The maximum atomic E-state index is 12.3. The van der Waals surface area contributed by atoms with Crippen molar-refractivity contribution in [1.82, 2.24) is 15.0 Å². The Morgan fingerprint density at radius 3 is 2.24 bits per heavy atom. The van der Waals surface area contributed by atoms with Crippen LogP contribution in [0.25, 0.3) is 0 Å². The summed E-state index contributed by atoms with van der Waals surface area (Å²) in [4.78, 5) is 25.5. The lowest BCUT2D eigenvalue weighted by molar-refractivity contribution is 0.262. The monoisotopic (exact) mass is 455 g/mol. The van der Waals surface area contributed by atoms with Crippen molar-refractivity contribution in [3.8, 4) is 5.75 Å². The molecule has 4 rings (SSSR count). The molecule has 2 aromatic carbocycles. The third-order valence-electron chi connectivity index (χ3n) is 4.78. The minimum Gasteiger partial charge on any atom is -0.495 e. The highest BCUT2D eigenvalue weighted by molar-refractivity contribution is 6.00. The van der Waals surface area contributed by atoms with Gasteiger partial charge in [0.2, 0.25) is 0 Å². The molecule has 172 valence electrons. The molecule has 34 heavy (non-hydrogen) atoms. The fourth-order valence-electron chi connectivity index (χ4n) is 3.25. The molecule has 4 aromatic rings. The molecule has 2 aromatic heterocycles. The van der Waals surface area contributed by atoms with E-state index in [9.17, 15) is 4.79 Å². The molecule has 0 saturated carbocycles. The van der Waals surface area contributed by atoms with Gasteiger partial charge in [-0.1, -0.05) is 12.1 Å². The molecule has 0 fully saturated rings. The van der Waals surface area contributed by atoms with Crippen LogP contribution in [0.15, 0.2) is 72.9 Å². The molecule has 0 spiro atoms. The maximum Gasteiger partial charge on any atom is 0.323 e. The van der Waals surface area contributed by atoms with E-state index in [-0.39, 0.29) is 6.03 Å². The second kappa shape index (κ2) is 10.3. The first-order chi connectivity index (χ1) is 16.5. The van der Waals surface area contributed by atoms with Crippen LogP contribution in [-0.2, 0) is 0 Å². The Bertz CT molecular complexity index is 1290. The summed E-state index contributed by atoms with van der Waals surface area (Å²) < 4.78 is 5.25. The number of anilines is 6. The first-order valence-corrected chi connectivity index (χ1v) is 10.6. The van der Waals surface area contributed by atoms with Gasteiger partial charge in [-0.05, 0) is 67.9 Å². The average molecular weight is 456 g/mol. The zero-order valence-corrected chi connectivity index (χ0v) is 19.1. The number of nitrogens with zero attached hydrogens (tertiary/aromatic N) is 3. The third kappa shape index (κ3) is 5.98. The number of hydrogen-bond acceptors (Lipinski definition) is 7. The van der Waals surface area contributed by atoms with Crippen LogP contribution in [0.4, 0.5) is 39.3 Å². The quantitative estimate of drug-likeness (QED) is 0.286. The molecule has 4 N–H and O–H groups in total. The number of hydrogen-bond donors (Lipinski definition) is 4. The Labute approximate surface area is 197 Å². The van der Waals surface area contributed by atoms with Gasteiger partial charge in [0.25, 0.3) is 0 Å². The van der Waals surface area contributed by atoms with Gasteiger partial charge in [0.1, 0.15) is 29.0 Å². The fraction of sp³-hybridized carbons (Fsp3) is 0.120. The minimum atomic E-state index is -0.364. The van der Waals surface area contributed by atoms with E-state index in [0.29, 0.717) is 40.4 Å². The van der Waals surface area contributed by atoms with Gasteiger partial charge in [0.15, 0.2) is 0 Å². The third-order valence-corrected chi connectivity index (χ3v) is 4.78. The van der Waals surface area contributed by atoms with Gasteiger partial charge in [0, 0.05) is 23.6 Å². The zero-order valence-electron chi connectivity index (χ0n) is 19.1. The summed E-state index contributed by atoms with van der Waals surface area (Å²) in [6.45, 7) is 3.83. The molecule has 0 saturated heterocycles. The Morgan fingerprint density at radius 2 is 1.50 bits per heavy atom. The number of nitrogens with one attached hydrogen (secondary N) is 4. The summed E-state index contributed by atoms with van der Waals surface area (Å²) in [7, 11) is 1.56. The van der Waals surface area contributed by atoms with Crippen molar-refractivity contribution in [2.75, 3.05) is 28.4 Å². The van der Waals surface area contributed by atoms with Gasteiger partial charge >= 0.3 is 6.03 Å². The summed E-state index contributed by atoms with van der Waals surface area (Å²) in [5.74, 6) is 3.19. The predicted molar refractivity (Wildman–Crippen MR) is 134 cm³/mol. The topological polar surface area (TPSA) is 113 Å². The van der Waals surface area contributed by atoms with E-state index in [1.165, 1.54) is 0 Å². The second-order valence-corrected chi connectivity index (χ2v) is 7.51. The first-order valence-electron chi connectivity index (χ1n) is 10.6. The van der Waals surface area contributed by atoms with E-state index < -0.39 is 0 Å². The molecule has 9 heteroatoms. The summed E-state index contributed by atoms with van der Waals surface area (Å²) in [6.07, 6.45) is 1.75. The predicted octanol–water partition coefficient (Wildman–Crippen LogP) is 5.63. The number of aryl methyl sites for hydroxylation is 2. The molecular formula is C25H25N7O2.